The minimum atomic E-state index is -3.77. The van der Waals surface area contributed by atoms with Crippen LogP contribution in [0.2, 0.25) is 0 Å². The fourth-order valence-corrected chi connectivity index (χ4v) is 6.30. The van der Waals surface area contributed by atoms with Gasteiger partial charge in [-0.3, -0.25) is 0 Å². The van der Waals surface area contributed by atoms with Gasteiger partial charge in [-0.1, -0.05) is 6.42 Å². The molecule has 2 N–H and O–H groups in total. The number of piperidine rings is 1. The zero-order valence-corrected chi connectivity index (χ0v) is 15.9. The number of halogens is 1. The number of sulfonamides is 1. The van der Waals surface area contributed by atoms with Crippen molar-refractivity contribution in [2.24, 2.45) is 5.73 Å². The number of thiophene rings is 1. The number of hydrogen-bond donors (Lipinski definition) is 1. The topological polar surface area (TPSA) is 89.7 Å². The molecule has 1 saturated heterocycles. The Hall–Kier alpha value is -0.670. The molecule has 2 rings (SSSR count). The first-order valence-corrected chi connectivity index (χ1v) is 9.56. The van der Waals surface area contributed by atoms with Gasteiger partial charge >= 0.3 is 5.97 Å². The number of esters is 1. The van der Waals surface area contributed by atoms with Crippen molar-refractivity contribution in [2.75, 3.05) is 13.7 Å². The number of nitrogens with zero attached hydrogens (tertiary/aromatic N) is 1. The van der Waals surface area contributed by atoms with Gasteiger partial charge in [-0.25, -0.2) is 13.2 Å². The van der Waals surface area contributed by atoms with E-state index in [1.165, 1.54) is 11.4 Å². The van der Waals surface area contributed by atoms with Crippen molar-refractivity contribution in [1.29, 1.82) is 0 Å². The summed E-state index contributed by atoms with van der Waals surface area (Å²) in [4.78, 5) is 12.1. The zero-order valence-electron chi connectivity index (χ0n) is 13.4. The van der Waals surface area contributed by atoms with Crippen molar-refractivity contribution in [2.45, 2.75) is 50.1 Å². The van der Waals surface area contributed by atoms with Crippen LogP contribution < -0.4 is 5.73 Å². The maximum absolute atomic E-state index is 13.1. The standard InChI is InChI=1S/C14H22N2O4S2.ClH/c1-9-8-21-12(14(17)20-3)13(9)22(18,19)16-7-5-4-6-11(16)10(2)15;/h8,10-11H,4-7,15H2,1-3H3;1H. The van der Waals surface area contributed by atoms with E-state index in [4.69, 9.17) is 10.5 Å². The van der Waals surface area contributed by atoms with E-state index in [1.807, 2.05) is 6.92 Å². The SMILES string of the molecule is COC(=O)c1scc(C)c1S(=O)(=O)N1CCCCC1C(C)N.Cl. The Morgan fingerprint density at radius 3 is 2.70 bits per heavy atom. The Labute approximate surface area is 147 Å². The predicted octanol–water partition coefficient (Wildman–Crippen LogP) is 2.16. The molecule has 0 radical (unpaired) electrons. The first-order chi connectivity index (χ1) is 10.3. The summed E-state index contributed by atoms with van der Waals surface area (Å²) in [6.45, 7) is 3.95. The van der Waals surface area contributed by atoms with Gasteiger partial charge in [0, 0.05) is 18.6 Å². The Kier molecular flexibility index (Phi) is 7.03. The molecular weight excluding hydrogens is 360 g/mol. The second kappa shape index (κ2) is 7.94. The van der Waals surface area contributed by atoms with Gasteiger partial charge < -0.3 is 10.5 Å². The summed E-state index contributed by atoms with van der Waals surface area (Å²) in [6, 6.07) is -0.487. The fourth-order valence-electron chi connectivity index (χ4n) is 2.86. The van der Waals surface area contributed by atoms with Crippen molar-refractivity contribution >= 4 is 39.7 Å². The molecular formula is C14H23ClN2O4S2. The van der Waals surface area contributed by atoms with Crippen LogP contribution in [0.3, 0.4) is 0 Å². The van der Waals surface area contributed by atoms with Crippen molar-refractivity contribution in [3.05, 3.63) is 15.8 Å². The Balaban J connectivity index is 0.00000264. The molecule has 2 heterocycles. The lowest BCUT2D eigenvalue weighted by Crippen LogP contribution is -2.51. The number of rotatable bonds is 4. The van der Waals surface area contributed by atoms with E-state index in [9.17, 15) is 13.2 Å². The molecule has 2 atom stereocenters. The normalized spacial score (nSPS) is 20.6. The quantitative estimate of drug-likeness (QED) is 0.806. The van der Waals surface area contributed by atoms with Crippen LogP contribution in [-0.2, 0) is 14.8 Å². The first-order valence-electron chi connectivity index (χ1n) is 7.24. The molecule has 0 aliphatic carbocycles. The number of ether oxygens (including phenoxy) is 1. The number of aryl methyl sites for hydroxylation is 1. The Morgan fingerprint density at radius 2 is 2.13 bits per heavy atom. The van der Waals surface area contributed by atoms with E-state index in [1.54, 1.807) is 12.3 Å². The van der Waals surface area contributed by atoms with Crippen LogP contribution in [0.15, 0.2) is 10.3 Å². The van der Waals surface area contributed by atoms with E-state index in [0.717, 1.165) is 30.6 Å². The molecule has 0 spiro atoms. The third kappa shape index (κ3) is 3.88. The monoisotopic (exact) mass is 382 g/mol. The smallest absolute Gasteiger partial charge is 0.349 e. The number of carbonyl (C=O) groups excluding carboxylic acids is 1. The molecule has 9 heteroatoms. The molecule has 0 aromatic carbocycles. The van der Waals surface area contributed by atoms with Gasteiger partial charge in [0.1, 0.15) is 9.77 Å². The second-order valence-electron chi connectivity index (χ2n) is 5.61. The van der Waals surface area contributed by atoms with Gasteiger partial charge in [0.25, 0.3) is 0 Å². The van der Waals surface area contributed by atoms with Gasteiger partial charge in [0.2, 0.25) is 10.0 Å². The molecule has 2 unspecified atom stereocenters. The van der Waals surface area contributed by atoms with Crippen molar-refractivity contribution in [1.82, 2.24) is 4.31 Å². The van der Waals surface area contributed by atoms with E-state index >= 15 is 0 Å². The second-order valence-corrected chi connectivity index (χ2v) is 8.31. The maximum atomic E-state index is 13.1. The number of nitrogens with two attached hydrogens (primary N) is 1. The largest absolute Gasteiger partial charge is 0.465 e. The van der Waals surface area contributed by atoms with Crippen LogP contribution in [0, 0.1) is 6.92 Å². The van der Waals surface area contributed by atoms with Gasteiger partial charge in [-0.15, -0.1) is 23.7 Å². The summed E-state index contributed by atoms with van der Waals surface area (Å²) < 4.78 is 32.4. The van der Waals surface area contributed by atoms with E-state index in [2.05, 4.69) is 0 Å². The van der Waals surface area contributed by atoms with Gasteiger partial charge in [0.05, 0.1) is 7.11 Å². The summed E-state index contributed by atoms with van der Waals surface area (Å²) in [5.74, 6) is -0.619. The molecule has 0 saturated carbocycles. The third-order valence-electron chi connectivity index (χ3n) is 3.96. The summed E-state index contributed by atoms with van der Waals surface area (Å²) in [5, 5.41) is 1.67. The average molecular weight is 383 g/mol. The molecule has 0 amide bonds. The van der Waals surface area contributed by atoms with Crippen molar-refractivity contribution in [3.63, 3.8) is 0 Å². The lowest BCUT2D eigenvalue weighted by atomic mass is 10.00. The lowest BCUT2D eigenvalue weighted by molar-refractivity contribution is 0.0602. The van der Waals surface area contributed by atoms with Crippen LogP contribution >= 0.6 is 23.7 Å². The van der Waals surface area contributed by atoms with E-state index in [-0.39, 0.29) is 34.3 Å². The van der Waals surface area contributed by atoms with Crippen LogP contribution in [-0.4, -0.2) is 44.4 Å². The molecule has 132 valence electrons. The van der Waals surface area contributed by atoms with Crippen LogP contribution in [0.25, 0.3) is 0 Å². The fraction of sp³-hybridized carbons (Fsp3) is 0.643. The number of carbonyl (C=O) groups is 1. The Bertz CT molecular complexity index is 658. The van der Waals surface area contributed by atoms with Crippen molar-refractivity contribution in [3.8, 4) is 0 Å². The van der Waals surface area contributed by atoms with Crippen LogP contribution in [0.5, 0.6) is 0 Å². The highest BCUT2D eigenvalue weighted by atomic mass is 35.5. The molecule has 6 nitrogen and oxygen atoms in total. The summed E-state index contributed by atoms with van der Waals surface area (Å²) in [6.07, 6.45) is 2.51. The maximum Gasteiger partial charge on any atom is 0.349 e. The molecule has 1 aliphatic heterocycles. The summed E-state index contributed by atoms with van der Waals surface area (Å²) >= 11 is 1.10. The molecule has 1 aliphatic rings. The number of methoxy groups -OCH3 is 1. The molecule has 1 aromatic rings. The van der Waals surface area contributed by atoms with Crippen LogP contribution in [0.4, 0.5) is 0 Å². The van der Waals surface area contributed by atoms with Gasteiger partial charge in [-0.2, -0.15) is 4.31 Å². The van der Waals surface area contributed by atoms with E-state index in [0.29, 0.717) is 12.1 Å². The third-order valence-corrected chi connectivity index (χ3v) is 7.28. The highest BCUT2D eigenvalue weighted by Gasteiger charge is 2.39. The van der Waals surface area contributed by atoms with Crippen LogP contribution in [0.1, 0.15) is 41.4 Å². The summed E-state index contributed by atoms with van der Waals surface area (Å²) in [7, 11) is -2.52. The average Bonchev–Trinajstić information content (AvgIpc) is 2.88. The summed E-state index contributed by atoms with van der Waals surface area (Å²) in [5.41, 5.74) is 6.54. The number of hydrogen-bond acceptors (Lipinski definition) is 6. The van der Waals surface area contributed by atoms with E-state index < -0.39 is 16.0 Å². The predicted molar refractivity (Wildman–Crippen MR) is 92.8 cm³/mol. The molecule has 1 fully saturated rings. The minimum absolute atomic E-state index is 0. The van der Waals surface area contributed by atoms with Gasteiger partial charge in [0.15, 0.2) is 0 Å². The highest BCUT2D eigenvalue weighted by molar-refractivity contribution is 7.89. The van der Waals surface area contributed by atoms with Crippen molar-refractivity contribution < 1.29 is 17.9 Å². The molecule has 0 bridgehead atoms. The Morgan fingerprint density at radius 1 is 1.48 bits per heavy atom. The zero-order chi connectivity index (χ0) is 16.5. The highest BCUT2D eigenvalue weighted by Crippen LogP contribution is 2.33. The minimum Gasteiger partial charge on any atom is -0.465 e. The lowest BCUT2D eigenvalue weighted by Gasteiger charge is -2.37. The van der Waals surface area contributed by atoms with Gasteiger partial charge in [-0.05, 0) is 37.6 Å². The molecule has 23 heavy (non-hydrogen) atoms. The first kappa shape index (κ1) is 20.4. The molecule has 1 aromatic heterocycles.